The van der Waals surface area contributed by atoms with Gasteiger partial charge in [0.05, 0.1) is 12.7 Å². The number of likely N-dealkylation sites (N-methyl/N-ethyl adjacent to an activating group) is 1. The quantitative estimate of drug-likeness (QED) is 0.474. The van der Waals surface area contributed by atoms with E-state index in [-0.39, 0.29) is 22.2 Å². The van der Waals surface area contributed by atoms with Crippen LogP contribution < -0.4 is 4.74 Å². The smallest absolute Gasteiger partial charge is 0.275 e. The van der Waals surface area contributed by atoms with Crippen LogP contribution >= 0.6 is 0 Å². The van der Waals surface area contributed by atoms with E-state index in [1.165, 1.54) is 11.4 Å². The monoisotopic (exact) mass is 540 g/mol. The number of sulfonamides is 1. The van der Waals surface area contributed by atoms with Gasteiger partial charge in [0.1, 0.15) is 10.6 Å². The average molecular weight is 541 g/mol. The number of hydrogen-bond donors (Lipinski definition) is 0. The van der Waals surface area contributed by atoms with Crippen LogP contribution in [-0.4, -0.2) is 96.0 Å². The van der Waals surface area contributed by atoms with Gasteiger partial charge in [0.15, 0.2) is 11.3 Å². The molecule has 0 spiro atoms. The van der Waals surface area contributed by atoms with Crippen molar-refractivity contribution in [1.29, 1.82) is 0 Å². The predicted molar refractivity (Wildman–Crippen MR) is 145 cm³/mol. The van der Waals surface area contributed by atoms with Crippen molar-refractivity contribution >= 4 is 21.6 Å². The summed E-state index contributed by atoms with van der Waals surface area (Å²) in [7, 11) is -2.32. The Hall–Kier alpha value is -3.02. The van der Waals surface area contributed by atoms with Crippen molar-refractivity contribution in [3.63, 3.8) is 0 Å². The topological polar surface area (TPSA) is 100 Å². The summed E-state index contributed by atoms with van der Waals surface area (Å²) in [4.78, 5) is 22.8. The Morgan fingerprint density at radius 3 is 2.37 bits per heavy atom. The second-order valence-corrected chi connectivity index (χ2v) is 12.0. The third-order valence-electron chi connectivity index (χ3n) is 7.59. The Kier molecular flexibility index (Phi) is 7.43. The standard InChI is InChI=1S/C27H36N6O4S/c1-5-30-13-15-31(16-14-30)27(34)25-24(26-28-19(2)17-20(3)33(26)29-25)21-9-10-22(37-4)23(18-21)38(35,36)32-11-7-6-8-12-32/h9-10,17-18H,5-8,11-16H2,1-4H3. The number of amides is 1. The van der Waals surface area contributed by atoms with Gasteiger partial charge in [-0.15, -0.1) is 0 Å². The Morgan fingerprint density at radius 2 is 1.71 bits per heavy atom. The lowest BCUT2D eigenvalue weighted by Crippen LogP contribution is -2.48. The number of aromatic nitrogens is 3. The van der Waals surface area contributed by atoms with Crippen LogP contribution in [0.5, 0.6) is 5.75 Å². The highest BCUT2D eigenvalue weighted by Crippen LogP contribution is 2.36. The van der Waals surface area contributed by atoms with Gasteiger partial charge in [-0.25, -0.2) is 17.9 Å². The molecule has 0 N–H and O–H groups in total. The molecule has 204 valence electrons. The number of benzene rings is 1. The number of fused-ring (bicyclic) bond motifs is 1. The summed E-state index contributed by atoms with van der Waals surface area (Å²) in [6.45, 7) is 10.7. The minimum atomic E-state index is -3.79. The summed E-state index contributed by atoms with van der Waals surface area (Å²) < 4.78 is 36.1. The Bertz CT molecular complexity index is 1450. The fourth-order valence-corrected chi connectivity index (χ4v) is 7.13. The number of piperazine rings is 1. The minimum Gasteiger partial charge on any atom is -0.495 e. The van der Waals surface area contributed by atoms with E-state index in [0.29, 0.717) is 43.0 Å². The summed E-state index contributed by atoms with van der Waals surface area (Å²) in [5.74, 6) is 0.106. The molecule has 2 aliphatic rings. The first kappa shape index (κ1) is 26.6. The van der Waals surface area contributed by atoms with Crippen molar-refractivity contribution < 1.29 is 17.9 Å². The summed E-state index contributed by atoms with van der Waals surface area (Å²) in [6, 6.07) is 6.98. The molecular weight excluding hydrogens is 504 g/mol. The zero-order valence-electron chi connectivity index (χ0n) is 22.6. The molecule has 1 amide bonds. The Labute approximate surface area is 224 Å². The molecular formula is C27H36N6O4S. The van der Waals surface area contributed by atoms with Gasteiger partial charge in [-0.3, -0.25) is 4.79 Å². The predicted octanol–water partition coefficient (Wildman–Crippen LogP) is 2.97. The van der Waals surface area contributed by atoms with Crippen molar-refractivity contribution in [2.75, 3.05) is 52.9 Å². The Morgan fingerprint density at radius 1 is 1.00 bits per heavy atom. The van der Waals surface area contributed by atoms with Gasteiger partial charge in [-0.05, 0) is 57.0 Å². The van der Waals surface area contributed by atoms with Crippen LogP contribution in [0.25, 0.3) is 16.8 Å². The first-order chi connectivity index (χ1) is 18.2. The van der Waals surface area contributed by atoms with Crippen molar-refractivity contribution in [2.45, 2.75) is 44.9 Å². The number of hydrogen-bond acceptors (Lipinski definition) is 7. The molecule has 2 aromatic heterocycles. The molecule has 0 atom stereocenters. The van der Waals surface area contributed by atoms with E-state index in [9.17, 15) is 13.2 Å². The molecule has 0 saturated carbocycles. The number of aryl methyl sites for hydroxylation is 2. The molecule has 38 heavy (non-hydrogen) atoms. The molecule has 0 radical (unpaired) electrons. The molecule has 10 nitrogen and oxygen atoms in total. The third-order valence-corrected chi connectivity index (χ3v) is 9.51. The number of methoxy groups -OCH3 is 1. The molecule has 2 aliphatic heterocycles. The molecule has 3 aromatic rings. The number of rotatable bonds is 6. The molecule has 0 unspecified atom stereocenters. The Balaban J connectivity index is 1.66. The lowest BCUT2D eigenvalue weighted by atomic mass is 10.0. The maximum Gasteiger partial charge on any atom is 0.275 e. The van der Waals surface area contributed by atoms with Crippen molar-refractivity contribution in [3.8, 4) is 16.9 Å². The van der Waals surface area contributed by atoms with Gasteiger partial charge >= 0.3 is 0 Å². The van der Waals surface area contributed by atoms with Crippen LogP contribution in [0.1, 0.15) is 48.1 Å². The van der Waals surface area contributed by atoms with Crippen molar-refractivity contribution in [3.05, 3.63) is 41.3 Å². The van der Waals surface area contributed by atoms with E-state index in [4.69, 9.17) is 14.8 Å². The van der Waals surface area contributed by atoms with Crippen LogP contribution in [0.4, 0.5) is 0 Å². The summed E-state index contributed by atoms with van der Waals surface area (Å²) >= 11 is 0. The second kappa shape index (κ2) is 10.6. The maximum atomic E-state index is 13.9. The van der Waals surface area contributed by atoms with E-state index in [0.717, 1.165) is 50.3 Å². The zero-order chi connectivity index (χ0) is 27.0. The molecule has 2 saturated heterocycles. The van der Waals surface area contributed by atoms with Crippen LogP contribution in [-0.2, 0) is 10.0 Å². The number of piperidine rings is 1. The molecule has 11 heteroatoms. The number of ether oxygens (including phenoxy) is 1. The SMILES string of the molecule is CCN1CCN(C(=O)c2nn3c(C)cc(C)nc3c2-c2ccc(OC)c(S(=O)(=O)N3CCCCC3)c2)CC1. The van der Waals surface area contributed by atoms with Crippen molar-refractivity contribution in [2.24, 2.45) is 0 Å². The highest BCUT2D eigenvalue weighted by molar-refractivity contribution is 7.89. The van der Waals surface area contributed by atoms with Gasteiger partial charge < -0.3 is 14.5 Å². The van der Waals surface area contributed by atoms with Gasteiger partial charge in [0.25, 0.3) is 5.91 Å². The number of carbonyl (C=O) groups is 1. The van der Waals surface area contributed by atoms with E-state index >= 15 is 0 Å². The number of carbonyl (C=O) groups excluding carboxylic acids is 1. The van der Waals surface area contributed by atoms with E-state index in [1.807, 2.05) is 24.8 Å². The van der Waals surface area contributed by atoms with Crippen LogP contribution in [0.2, 0.25) is 0 Å². The molecule has 1 aromatic carbocycles. The first-order valence-electron chi connectivity index (χ1n) is 13.3. The third kappa shape index (κ3) is 4.78. The molecule has 0 aliphatic carbocycles. The first-order valence-corrected chi connectivity index (χ1v) is 14.8. The maximum absolute atomic E-state index is 13.9. The molecule has 0 bridgehead atoms. The molecule has 5 rings (SSSR count). The normalized spacial score (nSPS) is 17.7. The fourth-order valence-electron chi connectivity index (χ4n) is 5.43. The van der Waals surface area contributed by atoms with Gasteiger partial charge in [0.2, 0.25) is 10.0 Å². The van der Waals surface area contributed by atoms with E-state index in [2.05, 4.69) is 11.8 Å². The lowest BCUT2D eigenvalue weighted by molar-refractivity contribution is 0.0638. The number of nitrogens with zero attached hydrogens (tertiary/aromatic N) is 6. The second-order valence-electron chi connectivity index (χ2n) is 10.1. The highest BCUT2D eigenvalue weighted by atomic mass is 32.2. The lowest BCUT2D eigenvalue weighted by Gasteiger charge is -2.33. The molecule has 2 fully saturated rings. The van der Waals surface area contributed by atoms with Gasteiger partial charge in [-0.1, -0.05) is 19.4 Å². The van der Waals surface area contributed by atoms with Crippen molar-refractivity contribution in [1.82, 2.24) is 28.7 Å². The summed E-state index contributed by atoms with van der Waals surface area (Å²) in [5.41, 5.74) is 3.56. The average Bonchev–Trinajstić information content (AvgIpc) is 3.32. The minimum absolute atomic E-state index is 0.0954. The van der Waals surface area contributed by atoms with Gasteiger partial charge in [-0.2, -0.15) is 9.40 Å². The zero-order valence-corrected chi connectivity index (χ0v) is 23.4. The van der Waals surface area contributed by atoms with Crippen LogP contribution in [0.15, 0.2) is 29.2 Å². The summed E-state index contributed by atoms with van der Waals surface area (Å²) in [6.07, 6.45) is 2.69. The van der Waals surface area contributed by atoms with Gasteiger partial charge in [0, 0.05) is 50.7 Å². The van der Waals surface area contributed by atoms with E-state index in [1.54, 1.807) is 22.7 Å². The largest absolute Gasteiger partial charge is 0.495 e. The van der Waals surface area contributed by atoms with E-state index < -0.39 is 10.0 Å². The molecule has 4 heterocycles. The fraction of sp³-hybridized carbons (Fsp3) is 0.519. The van der Waals surface area contributed by atoms with Crippen LogP contribution in [0.3, 0.4) is 0 Å². The van der Waals surface area contributed by atoms with Crippen LogP contribution in [0, 0.1) is 13.8 Å². The highest BCUT2D eigenvalue weighted by Gasteiger charge is 2.32. The summed E-state index contributed by atoms with van der Waals surface area (Å²) in [5, 5.41) is 4.73.